The summed E-state index contributed by atoms with van der Waals surface area (Å²) in [6.07, 6.45) is -1.40. The number of aryl methyl sites for hydroxylation is 1. The van der Waals surface area contributed by atoms with Crippen molar-refractivity contribution in [3.63, 3.8) is 0 Å². The zero-order chi connectivity index (χ0) is 14.2. The van der Waals surface area contributed by atoms with Crippen LogP contribution in [-0.4, -0.2) is 5.11 Å². The van der Waals surface area contributed by atoms with Crippen LogP contribution in [0.1, 0.15) is 22.8 Å². The van der Waals surface area contributed by atoms with Gasteiger partial charge in [0, 0.05) is 15.6 Å². The molecule has 0 aromatic heterocycles. The van der Waals surface area contributed by atoms with Gasteiger partial charge in [-0.1, -0.05) is 35.4 Å². The van der Waals surface area contributed by atoms with E-state index in [0.29, 0.717) is 4.47 Å². The summed E-state index contributed by atoms with van der Waals surface area (Å²) < 4.78 is 28.1. The van der Waals surface area contributed by atoms with Crippen LogP contribution in [0.25, 0.3) is 0 Å². The van der Waals surface area contributed by atoms with E-state index in [0.717, 1.165) is 5.56 Å². The van der Waals surface area contributed by atoms with Crippen molar-refractivity contribution in [2.45, 2.75) is 13.0 Å². The average Bonchev–Trinajstić information content (AvgIpc) is 2.38. The number of hydrogen-bond acceptors (Lipinski definition) is 1. The van der Waals surface area contributed by atoms with Crippen molar-refractivity contribution < 1.29 is 13.9 Å². The quantitative estimate of drug-likeness (QED) is 0.776. The zero-order valence-electron chi connectivity index (χ0n) is 9.92. The smallest absolute Gasteiger partial charge is 0.149 e. The predicted molar refractivity (Wildman–Crippen MR) is 74.3 cm³/mol. The molecule has 2 aromatic carbocycles. The molecule has 19 heavy (non-hydrogen) atoms. The van der Waals surface area contributed by atoms with Gasteiger partial charge in [0.1, 0.15) is 17.7 Å². The Kier molecular flexibility index (Phi) is 4.23. The third-order valence-corrected chi connectivity index (χ3v) is 4.06. The summed E-state index contributed by atoms with van der Waals surface area (Å²) in [5, 5.41) is 10.0. The highest BCUT2D eigenvalue weighted by atomic mass is 79.9. The van der Waals surface area contributed by atoms with Gasteiger partial charge >= 0.3 is 0 Å². The lowest BCUT2D eigenvalue weighted by Gasteiger charge is -2.15. The van der Waals surface area contributed by atoms with Gasteiger partial charge in [0.05, 0.1) is 5.02 Å². The molecule has 5 heteroatoms. The van der Waals surface area contributed by atoms with Crippen LogP contribution < -0.4 is 0 Å². The Hall–Kier alpha value is -0.970. The molecule has 0 radical (unpaired) electrons. The summed E-state index contributed by atoms with van der Waals surface area (Å²) in [5.41, 5.74) is 0.744. The lowest BCUT2D eigenvalue weighted by atomic mass is 9.99. The summed E-state index contributed by atoms with van der Waals surface area (Å²) >= 11 is 8.84. The van der Waals surface area contributed by atoms with Gasteiger partial charge in [-0.05, 0) is 35.0 Å². The number of aliphatic hydroxyl groups excluding tert-OH is 1. The highest BCUT2D eigenvalue weighted by Gasteiger charge is 2.21. The number of aliphatic hydroxyl groups is 1. The number of benzene rings is 2. The molecule has 0 aliphatic heterocycles. The first-order valence-electron chi connectivity index (χ1n) is 5.49. The Balaban J connectivity index is 2.53. The maximum absolute atomic E-state index is 14.0. The molecule has 1 unspecified atom stereocenters. The van der Waals surface area contributed by atoms with Gasteiger partial charge in [0.25, 0.3) is 0 Å². The van der Waals surface area contributed by atoms with Crippen LogP contribution in [0.3, 0.4) is 0 Å². The highest BCUT2D eigenvalue weighted by Crippen LogP contribution is 2.33. The van der Waals surface area contributed by atoms with E-state index >= 15 is 0 Å². The Labute approximate surface area is 123 Å². The Morgan fingerprint density at radius 1 is 1.16 bits per heavy atom. The molecule has 0 saturated carbocycles. The molecule has 0 bridgehead atoms. The summed E-state index contributed by atoms with van der Waals surface area (Å²) in [6, 6.07) is 7.19. The molecule has 0 fully saturated rings. The summed E-state index contributed by atoms with van der Waals surface area (Å²) in [4.78, 5) is 0. The van der Waals surface area contributed by atoms with Crippen LogP contribution in [0.15, 0.2) is 34.8 Å². The van der Waals surface area contributed by atoms with Gasteiger partial charge in [-0.25, -0.2) is 8.78 Å². The van der Waals surface area contributed by atoms with E-state index in [4.69, 9.17) is 11.6 Å². The SMILES string of the molecule is Cc1ccc(F)c(C(O)c2ccc(Br)c(Cl)c2F)c1. The molecule has 0 aliphatic rings. The molecule has 0 amide bonds. The minimum absolute atomic E-state index is 0.0253. The molecule has 1 atom stereocenters. The van der Waals surface area contributed by atoms with Gasteiger partial charge in [-0.3, -0.25) is 0 Å². The van der Waals surface area contributed by atoms with E-state index in [9.17, 15) is 13.9 Å². The van der Waals surface area contributed by atoms with Gasteiger partial charge < -0.3 is 5.11 Å². The lowest BCUT2D eigenvalue weighted by Crippen LogP contribution is -2.06. The van der Waals surface area contributed by atoms with Crippen molar-refractivity contribution in [1.82, 2.24) is 0 Å². The second kappa shape index (κ2) is 5.57. The molecule has 100 valence electrons. The first-order chi connectivity index (χ1) is 8.91. The third kappa shape index (κ3) is 2.81. The fourth-order valence-corrected chi connectivity index (χ4v) is 2.27. The fourth-order valence-electron chi connectivity index (χ4n) is 1.79. The van der Waals surface area contributed by atoms with Crippen LogP contribution in [0.2, 0.25) is 5.02 Å². The molecule has 0 saturated heterocycles. The van der Waals surface area contributed by atoms with E-state index < -0.39 is 17.7 Å². The summed E-state index contributed by atoms with van der Waals surface area (Å²) in [5.74, 6) is -1.35. The second-order valence-corrected chi connectivity index (χ2v) is 5.42. The minimum atomic E-state index is -1.40. The van der Waals surface area contributed by atoms with E-state index in [-0.39, 0.29) is 16.1 Å². The molecule has 0 aliphatic carbocycles. The second-order valence-electron chi connectivity index (χ2n) is 4.19. The van der Waals surface area contributed by atoms with E-state index in [1.807, 2.05) is 0 Å². The molecule has 2 aromatic rings. The van der Waals surface area contributed by atoms with Crippen molar-refractivity contribution in [3.05, 3.63) is 68.2 Å². The first-order valence-corrected chi connectivity index (χ1v) is 6.66. The number of rotatable bonds is 2. The fraction of sp³-hybridized carbons (Fsp3) is 0.143. The van der Waals surface area contributed by atoms with Crippen LogP contribution in [0.4, 0.5) is 8.78 Å². The minimum Gasteiger partial charge on any atom is -0.383 e. The largest absolute Gasteiger partial charge is 0.383 e. The highest BCUT2D eigenvalue weighted by molar-refractivity contribution is 9.10. The first kappa shape index (κ1) is 14.4. The van der Waals surface area contributed by atoms with Gasteiger partial charge in [0.2, 0.25) is 0 Å². The van der Waals surface area contributed by atoms with Gasteiger partial charge in [-0.15, -0.1) is 0 Å². The molecular formula is C14H10BrClF2O. The third-order valence-electron chi connectivity index (χ3n) is 2.81. The van der Waals surface area contributed by atoms with Crippen molar-refractivity contribution in [2.24, 2.45) is 0 Å². The predicted octanol–water partition coefficient (Wildman–Crippen LogP) is 4.77. The van der Waals surface area contributed by atoms with Crippen LogP contribution in [-0.2, 0) is 0 Å². The van der Waals surface area contributed by atoms with Crippen molar-refractivity contribution in [1.29, 1.82) is 0 Å². The normalized spacial score (nSPS) is 12.5. The zero-order valence-corrected chi connectivity index (χ0v) is 12.3. The average molecular weight is 348 g/mol. The van der Waals surface area contributed by atoms with Crippen molar-refractivity contribution >= 4 is 27.5 Å². The number of hydrogen-bond donors (Lipinski definition) is 1. The lowest BCUT2D eigenvalue weighted by molar-refractivity contribution is 0.209. The van der Waals surface area contributed by atoms with Crippen LogP contribution in [0.5, 0.6) is 0 Å². The summed E-state index contributed by atoms with van der Waals surface area (Å²) in [7, 11) is 0. The van der Waals surface area contributed by atoms with E-state index in [1.165, 1.54) is 24.3 Å². The molecule has 1 nitrogen and oxygen atoms in total. The molecular weight excluding hydrogens is 338 g/mol. The standard InChI is InChI=1S/C14H10BrClF2O/c1-7-2-5-11(17)9(6-7)14(19)8-3-4-10(15)12(16)13(8)18/h2-6,14,19H,1H3. The molecule has 0 spiro atoms. The molecule has 2 rings (SSSR count). The maximum Gasteiger partial charge on any atom is 0.149 e. The Bertz CT molecular complexity index is 631. The van der Waals surface area contributed by atoms with Gasteiger partial charge in [0.15, 0.2) is 0 Å². The maximum atomic E-state index is 14.0. The molecule has 1 N–H and O–H groups in total. The van der Waals surface area contributed by atoms with E-state index in [2.05, 4.69) is 15.9 Å². The van der Waals surface area contributed by atoms with E-state index in [1.54, 1.807) is 13.0 Å². The van der Waals surface area contributed by atoms with Crippen LogP contribution >= 0.6 is 27.5 Å². The Morgan fingerprint density at radius 3 is 2.53 bits per heavy atom. The monoisotopic (exact) mass is 346 g/mol. The summed E-state index contributed by atoms with van der Waals surface area (Å²) in [6.45, 7) is 1.76. The Morgan fingerprint density at radius 2 is 1.84 bits per heavy atom. The van der Waals surface area contributed by atoms with Crippen LogP contribution in [0, 0.1) is 18.6 Å². The van der Waals surface area contributed by atoms with Gasteiger partial charge in [-0.2, -0.15) is 0 Å². The molecule has 0 heterocycles. The number of halogens is 4. The van der Waals surface area contributed by atoms with Crippen molar-refractivity contribution in [2.75, 3.05) is 0 Å². The topological polar surface area (TPSA) is 20.2 Å². The van der Waals surface area contributed by atoms with Crippen molar-refractivity contribution in [3.8, 4) is 0 Å².